The summed E-state index contributed by atoms with van der Waals surface area (Å²) in [6, 6.07) is 0. The Hall–Kier alpha value is 0.765. The van der Waals surface area contributed by atoms with Gasteiger partial charge in [0.1, 0.15) is 11.8 Å². The fourth-order valence-electron chi connectivity index (χ4n) is 1.48. The topological polar surface area (TPSA) is 184 Å². The van der Waals surface area contributed by atoms with E-state index in [0.717, 1.165) is 12.2 Å². The molecule has 0 aromatic carbocycles. The van der Waals surface area contributed by atoms with Crippen LogP contribution in [0.3, 0.4) is 0 Å². The molecule has 9 nitrogen and oxygen atoms in total. The van der Waals surface area contributed by atoms with Gasteiger partial charge in [0.25, 0.3) is 0 Å². The van der Waals surface area contributed by atoms with E-state index in [1.54, 1.807) is 0 Å². The molecule has 0 spiro atoms. The Kier molecular flexibility index (Phi) is 22.3. The van der Waals surface area contributed by atoms with Gasteiger partial charge >= 0.3 is 101 Å². The number of hydrogen-bond donors (Lipinski definition) is 4. The molecule has 0 heterocycles. The number of carbonyl (C=O) groups is 2. The molecule has 2 aliphatic carbocycles. The number of aliphatic carboxylic acids is 2. The second-order valence-corrected chi connectivity index (χ2v) is 4.26. The summed E-state index contributed by atoms with van der Waals surface area (Å²) in [6.45, 7) is 0. The third-order valence-electron chi connectivity index (χ3n) is 2.53. The maximum absolute atomic E-state index is 10.4. The van der Waals surface area contributed by atoms with Gasteiger partial charge in [-0.05, 0) is 0 Å². The maximum Gasteiger partial charge on any atom is 1.00 e. The first kappa shape index (κ1) is 30.0. The van der Waals surface area contributed by atoms with Crippen LogP contribution in [-0.2, 0) is 9.59 Å². The molecule has 4 unspecified atom stereocenters. The molecule has 0 amide bonds. The summed E-state index contributed by atoms with van der Waals surface area (Å²) in [4.78, 5) is 20.8. The summed E-state index contributed by atoms with van der Waals surface area (Å²) in [5, 5.41) is 60.6. The van der Waals surface area contributed by atoms with Gasteiger partial charge in [-0.1, -0.05) is 48.6 Å². The summed E-state index contributed by atoms with van der Waals surface area (Å²) in [5.74, 6) is -4.70. The molecule has 0 saturated carbocycles. The van der Waals surface area contributed by atoms with Crippen LogP contribution in [-0.4, -0.2) is 51.8 Å². The molecule has 0 saturated heterocycles. The summed E-state index contributed by atoms with van der Waals surface area (Å²) in [5.41, 5.74) is 0. The van der Waals surface area contributed by atoms with Crippen LogP contribution in [0.1, 0.15) is 2.74 Å². The average Bonchev–Trinajstić information content (AvgIpc) is 2.45. The largest absolute Gasteiger partial charge is 1.00 e. The van der Waals surface area contributed by atoms with Crippen molar-refractivity contribution in [3.05, 3.63) is 48.6 Å². The van der Waals surface area contributed by atoms with Crippen molar-refractivity contribution >= 4 is 19.3 Å². The Morgan fingerprint density at radius 1 is 0.741 bits per heavy atom. The van der Waals surface area contributed by atoms with Crippen LogP contribution in [0.4, 0.5) is 0 Å². The van der Waals surface area contributed by atoms with Crippen LogP contribution in [0.5, 0.6) is 0 Å². The third-order valence-corrected chi connectivity index (χ3v) is 2.53. The van der Waals surface area contributed by atoms with Gasteiger partial charge in [0, 0.05) is 0 Å². The van der Waals surface area contributed by atoms with Gasteiger partial charge in [-0.25, -0.2) is 0 Å². The second kappa shape index (κ2) is 20.1. The molecule has 0 aliphatic heterocycles. The molecule has 0 bridgehead atoms. The number of rotatable bonds is 2. The van der Waals surface area contributed by atoms with Crippen molar-refractivity contribution in [2.24, 2.45) is 11.8 Å². The van der Waals surface area contributed by atoms with Crippen molar-refractivity contribution in [1.82, 2.24) is 0 Å². The van der Waals surface area contributed by atoms with Gasteiger partial charge in [0.05, 0.1) is 14.9 Å². The van der Waals surface area contributed by atoms with E-state index in [9.17, 15) is 9.59 Å². The summed E-state index contributed by atoms with van der Waals surface area (Å²) < 4.78 is 14.3. The number of aliphatic hydroxyl groups is 2. The van der Waals surface area contributed by atoms with E-state index in [2.05, 4.69) is 0 Å². The molecule has 0 aromatic heterocycles. The van der Waals surface area contributed by atoms with E-state index in [0.29, 0.717) is 0 Å². The molecular weight excluding hydrogens is 392 g/mol. The molecule has 2 aliphatic rings. The minimum absolute atomic E-state index is 0. The van der Waals surface area contributed by atoms with Crippen LogP contribution in [0, 0.1) is 11.8 Å². The Bertz CT molecular complexity index is 573. The normalized spacial score (nSPS) is 30.1. The van der Waals surface area contributed by atoms with Crippen molar-refractivity contribution in [3.8, 4) is 0 Å². The van der Waals surface area contributed by atoms with E-state index < -0.39 is 43.3 Å². The van der Waals surface area contributed by atoms with Crippen LogP contribution in [0.15, 0.2) is 48.6 Å². The van der Waals surface area contributed by atoms with Crippen LogP contribution < -0.4 is 104 Å². The van der Waals surface area contributed by atoms with Gasteiger partial charge in [-0.2, -0.15) is 0 Å². The number of allylic oxidation sites excluding steroid dienone is 4. The zero-order valence-electron chi connectivity index (χ0n) is 17.2. The summed E-state index contributed by atoms with van der Waals surface area (Å²) in [6.07, 6.45) is 6.77. The van der Waals surface area contributed by atoms with Crippen molar-refractivity contribution in [3.63, 3.8) is 0 Å². The Morgan fingerprint density at radius 2 is 0.963 bits per heavy atom. The minimum Gasteiger partial charge on any atom is -0.907 e. The molecular formula is C14H16BNa3O9. The smallest absolute Gasteiger partial charge is 0.907 e. The van der Waals surface area contributed by atoms with Gasteiger partial charge in [-0.15, -0.1) is 0 Å². The molecule has 0 radical (unpaired) electrons. The van der Waals surface area contributed by atoms with E-state index in [-0.39, 0.29) is 88.7 Å². The second-order valence-electron chi connectivity index (χ2n) is 4.26. The molecule has 27 heavy (non-hydrogen) atoms. The van der Waals surface area contributed by atoms with E-state index in [1.165, 1.54) is 36.5 Å². The number of carboxylic acid groups (broad SMARTS) is 2. The molecule has 132 valence electrons. The minimum atomic E-state index is -2.92. The Labute approximate surface area is 226 Å². The van der Waals surface area contributed by atoms with Crippen molar-refractivity contribution < 1.29 is 137 Å². The van der Waals surface area contributed by atoms with E-state index >= 15 is 0 Å². The van der Waals surface area contributed by atoms with Crippen LogP contribution in [0.2, 0.25) is 0 Å². The average molecular weight is 410 g/mol. The molecule has 2 rings (SSSR count). The Balaban J connectivity index is -0.000000168. The number of carboxylic acids is 2. The van der Waals surface area contributed by atoms with Crippen LogP contribution >= 0.6 is 0 Å². The zero-order chi connectivity index (χ0) is 20.5. The van der Waals surface area contributed by atoms with Crippen molar-refractivity contribution in [2.45, 2.75) is 12.2 Å². The predicted molar refractivity (Wildman–Crippen MR) is 76.6 cm³/mol. The first-order valence-corrected chi connectivity index (χ1v) is 6.41. The molecule has 4 N–H and O–H groups in total. The quantitative estimate of drug-likeness (QED) is 0.321. The monoisotopic (exact) mass is 410 g/mol. The summed E-state index contributed by atoms with van der Waals surface area (Å²) >= 11 is 0. The molecule has 0 fully saturated rings. The van der Waals surface area contributed by atoms with Gasteiger partial charge in [-0.3, -0.25) is 16.9 Å². The maximum atomic E-state index is 10.4. The van der Waals surface area contributed by atoms with Gasteiger partial charge in [0.15, 0.2) is 0 Å². The van der Waals surface area contributed by atoms with E-state index in [4.69, 9.17) is 38.2 Å². The molecule has 0 aromatic rings. The SMILES string of the molecule is [2H]C1(O)C=CC=CC1C(=O)O.[2H]C1(O)C=CC=CC1C(=O)O.[Na+].[Na+].[Na+].[O-]B([O-])[O-]. The predicted octanol–water partition coefficient (Wildman–Crippen LogP) is -12.6. The fraction of sp³-hybridized carbons (Fsp3) is 0.286. The molecule has 4 atom stereocenters. The van der Waals surface area contributed by atoms with E-state index in [1.807, 2.05) is 0 Å². The first-order valence-electron chi connectivity index (χ1n) is 7.41. The first-order chi connectivity index (χ1) is 11.8. The fourth-order valence-corrected chi connectivity index (χ4v) is 1.48. The third kappa shape index (κ3) is 17.3. The Morgan fingerprint density at radius 3 is 1.11 bits per heavy atom. The number of hydrogen-bond acceptors (Lipinski definition) is 7. The van der Waals surface area contributed by atoms with Crippen LogP contribution in [0.25, 0.3) is 0 Å². The van der Waals surface area contributed by atoms with Crippen molar-refractivity contribution in [2.75, 3.05) is 0 Å². The van der Waals surface area contributed by atoms with Gasteiger partial charge in [0.2, 0.25) is 0 Å². The standard InChI is InChI=1S/2C7H8O3.BO3.3Na/c2*8-6-4-2-1-3-5(6)7(9)10;2-1(3)4;;;/h2*1-6,8H,(H,9,10);;;;/q;;-3;3*+1/i2*6D;;;;. The summed E-state index contributed by atoms with van der Waals surface area (Å²) in [7, 11) is -2.92. The van der Waals surface area contributed by atoms with Gasteiger partial charge < -0.3 is 35.5 Å². The van der Waals surface area contributed by atoms with Crippen molar-refractivity contribution in [1.29, 1.82) is 0 Å². The molecule has 13 heteroatoms. The zero-order valence-corrected chi connectivity index (χ0v) is 21.2.